The Hall–Kier alpha value is -2.20. The molecule has 0 radical (unpaired) electrons. The summed E-state index contributed by atoms with van der Waals surface area (Å²) < 4.78 is 18.8. The van der Waals surface area contributed by atoms with Crippen molar-refractivity contribution in [1.82, 2.24) is 0 Å². The van der Waals surface area contributed by atoms with Gasteiger partial charge in [-0.15, -0.1) is 0 Å². The van der Waals surface area contributed by atoms with Gasteiger partial charge in [0.2, 0.25) is 0 Å². The van der Waals surface area contributed by atoms with Crippen molar-refractivity contribution in [3.63, 3.8) is 0 Å². The monoisotopic (exact) mass is 354 g/mol. The highest BCUT2D eigenvalue weighted by molar-refractivity contribution is 7.85. The van der Waals surface area contributed by atoms with Gasteiger partial charge in [-0.3, -0.25) is 4.79 Å². The Morgan fingerprint density at radius 1 is 1.04 bits per heavy atom. The van der Waals surface area contributed by atoms with Crippen LogP contribution in [0.3, 0.4) is 0 Å². The van der Waals surface area contributed by atoms with Crippen molar-refractivity contribution in [2.24, 2.45) is 5.92 Å². The largest absolute Gasteiger partial charge is 0.497 e. The van der Waals surface area contributed by atoms with Crippen LogP contribution in [0.5, 0.6) is 0 Å². The molecule has 0 amide bonds. The second-order valence-corrected chi connectivity index (χ2v) is 7.97. The third-order valence-electron chi connectivity index (χ3n) is 4.61. The van der Waals surface area contributed by atoms with E-state index in [4.69, 9.17) is 4.74 Å². The number of allylic oxidation sites excluding steroid dienone is 1. The summed E-state index contributed by atoms with van der Waals surface area (Å²) in [5, 5.41) is 0. The predicted molar refractivity (Wildman–Crippen MR) is 98.8 cm³/mol. The number of carbonyl (C=O) groups excluding carboxylic acids is 1. The maximum Gasteiger partial charge on any atom is 0.168 e. The van der Waals surface area contributed by atoms with E-state index in [0.29, 0.717) is 12.0 Å². The Morgan fingerprint density at radius 3 is 2.44 bits per heavy atom. The molecule has 3 rings (SSSR count). The lowest BCUT2D eigenvalue weighted by Gasteiger charge is -2.27. The molecule has 1 heterocycles. The molecule has 0 N–H and O–H groups in total. The van der Waals surface area contributed by atoms with Crippen molar-refractivity contribution in [1.29, 1.82) is 0 Å². The lowest BCUT2D eigenvalue weighted by molar-refractivity contribution is -0.124. The molecule has 3 atom stereocenters. The van der Waals surface area contributed by atoms with E-state index < -0.39 is 10.8 Å². The fourth-order valence-corrected chi connectivity index (χ4v) is 4.21. The predicted octanol–water partition coefficient (Wildman–Crippen LogP) is 4.21. The van der Waals surface area contributed by atoms with Crippen molar-refractivity contribution < 1.29 is 13.7 Å². The number of rotatable bonds is 4. The van der Waals surface area contributed by atoms with E-state index in [-0.39, 0.29) is 17.8 Å². The first kappa shape index (κ1) is 17.6. The molecular weight excluding hydrogens is 332 g/mol. The molecule has 0 saturated carbocycles. The maximum atomic E-state index is 13.0. The van der Waals surface area contributed by atoms with Crippen LogP contribution in [0, 0.1) is 12.8 Å². The normalized spacial score (nSPS) is 21.4. The zero-order valence-electron chi connectivity index (χ0n) is 14.7. The third-order valence-corrected chi connectivity index (χ3v) is 6.11. The molecule has 1 aliphatic heterocycles. The first-order valence-electron chi connectivity index (χ1n) is 8.40. The minimum Gasteiger partial charge on any atom is -0.497 e. The van der Waals surface area contributed by atoms with Crippen LogP contribution < -0.4 is 0 Å². The summed E-state index contributed by atoms with van der Waals surface area (Å²) in [5.74, 6) is -0.0840. The van der Waals surface area contributed by atoms with Gasteiger partial charge in [-0.25, -0.2) is 4.21 Å². The Kier molecular flexibility index (Phi) is 5.19. The molecule has 3 nitrogen and oxygen atoms in total. The summed E-state index contributed by atoms with van der Waals surface area (Å²) in [7, 11) is -1.25. The fraction of sp³-hybridized carbons (Fsp3) is 0.286. The zero-order valence-corrected chi connectivity index (χ0v) is 15.5. The van der Waals surface area contributed by atoms with Gasteiger partial charge in [0.25, 0.3) is 0 Å². The van der Waals surface area contributed by atoms with E-state index in [2.05, 4.69) is 0 Å². The first-order valence-corrected chi connectivity index (χ1v) is 9.55. The van der Waals surface area contributed by atoms with Gasteiger partial charge in [-0.05, 0) is 37.6 Å². The van der Waals surface area contributed by atoms with Crippen molar-refractivity contribution in [2.45, 2.75) is 43.1 Å². The Labute approximate surface area is 151 Å². The zero-order chi connectivity index (χ0) is 18.0. The highest BCUT2D eigenvalue weighted by atomic mass is 32.2. The molecule has 4 heteroatoms. The molecular formula is C21H22O3S. The van der Waals surface area contributed by atoms with E-state index in [9.17, 15) is 9.00 Å². The van der Waals surface area contributed by atoms with Crippen LogP contribution in [0.15, 0.2) is 70.2 Å². The Balaban J connectivity index is 1.88. The van der Waals surface area contributed by atoms with Gasteiger partial charge in [0.15, 0.2) is 5.78 Å². The molecule has 0 bridgehead atoms. The number of aryl methyl sites for hydroxylation is 1. The van der Waals surface area contributed by atoms with Crippen LogP contribution >= 0.6 is 0 Å². The summed E-state index contributed by atoms with van der Waals surface area (Å²) in [5.41, 5.74) is 2.75. The fourth-order valence-electron chi connectivity index (χ4n) is 2.98. The molecule has 0 spiro atoms. The van der Waals surface area contributed by atoms with Crippen molar-refractivity contribution in [3.05, 3.63) is 71.5 Å². The molecule has 2 aromatic rings. The molecule has 0 aromatic heterocycles. The molecule has 0 saturated heterocycles. The van der Waals surface area contributed by atoms with Crippen LogP contribution in [0.4, 0.5) is 0 Å². The van der Waals surface area contributed by atoms with Crippen LogP contribution in [0.25, 0.3) is 0 Å². The minimum atomic E-state index is -1.25. The highest BCUT2D eigenvalue weighted by Crippen LogP contribution is 2.27. The average Bonchev–Trinajstić information content (AvgIpc) is 2.63. The topological polar surface area (TPSA) is 43.4 Å². The first-order chi connectivity index (χ1) is 12.0. The molecule has 0 fully saturated rings. The van der Waals surface area contributed by atoms with E-state index in [1.54, 1.807) is 13.2 Å². The Bertz CT molecular complexity index is 836. The van der Waals surface area contributed by atoms with E-state index in [1.807, 2.05) is 62.4 Å². The van der Waals surface area contributed by atoms with E-state index >= 15 is 0 Å². The number of hydrogen-bond donors (Lipinski definition) is 0. The van der Waals surface area contributed by atoms with Gasteiger partial charge in [0.1, 0.15) is 6.10 Å². The second-order valence-electron chi connectivity index (χ2n) is 6.52. The van der Waals surface area contributed by atoms with Gasteiger partial charge < -0.3 is 4.74 Å². The smallest absolute Gasteiger partial charge is 0.168 e. The second kappa shape index (κ2) is 7.36. The van der Waals surface area contributed by atoms with Gasteiger partial charge in [-0.2, -0.15) is 0 Å². The lowest BCUT2D eigenvalue weighted by Crippen LogP contribution is -2.33. The number of carbonyl (C=O) groups is 1. The van der Waals surface area contributed by atoms with Crippen LogP contribution in [0.2, 0.25) is 0 Å². The molecule has 0 aliphatic carbocycles. The summed E-state index contributed by atoms with van der Waals surface area (Å²) in [6.45, 7) is 5.67. The number of benzene rings is 2. The summed E-state index contributed by atoms with van der Waals surface area (Å²) in [4.78, 5) is 13.7. The van der Waals surface area contributed by atoms with Crippen molar-refractivity contribution >= 4 is 16.6 Å². The SMILES string of the molecule is CC1=CO[C@H](Cc2ccccc2S(=O)c2ccc(C)cc2)[C@@H](C)C1=O. The highest BCUT2D eigenvalue weighted by Gasteiger charge is 2.30. The third kappa shape index (κ3) is 3.74. The molecule has 2 aromatic carbocycles. The summed E-state index contributed by atoms with van der Waals surface area (Å²) >= 11 is 0. The molecule has 1 aliphatic rings. The Morgan fingerprint density at radius 2 is 1.72 bits per heavy atom. The molecule has 1 unspecified atom stereocenters. The van der Waals surface area contributed by atoms with E-state index in [0.717, 1.165) is 20.9 Å². The van der Waals surface area contributed by atoms with Crippen LogP contribution in [0.1, 0.15) is 25.0 Å². The average molecular weight is 354 g/mol. The van der Waals surface area contributed by atoms with Crippen molar-refractivity contribution in [3.8, 4) is 0 Å². The number of ether oxygens (including phenoxy) is 1. The maximum absolute atomic E-state index is 13.0. The standard InChI is InChI=1S/C21H22O3S/c1-14-8-10-18(11-9-14)25(23)20-7-5-4-6-17(20)12-19-16(3)21(22)15(2)13-24-19/h4-11,13,16,19H,12H2,1-3H3/t16-,19-,25?/m1/s1. The summed E-state index contributed by atoms with van der Waals surface area (Å²) in [6, 6.07) is 15.4. The lowest BCUT2D eigenvalue weighted by atomic mass is 9.89. The van der Waals surface area contributed by atoms with Crippen molar-refractivity contribution in [2.75, 3.05) is 0 Å². The van der Waals surface area contributed by atoms with Gasteiger partial charge in [0.05, 0.1) is 23.0 Å². The van der Waals surface area contributed by atoms with Gasteiger partial charge in [-0.1, -0.05) is 42.8 Å². The summed E-state index contributed by atoms with van der Waals surface area (Å²) in [6.07, 6.45) is 1.88. The van der Waals surface area contributed by atoms with Crippen LogP contribution in [-0.4, -0.2) is 16.1 Å². The molecule has 25 heavy (non-hydrogen) atoms. The number of hydrogen-bond acceptors (Lipinski definition) is 3. The quantitative estimate of drug-likeness (QED) is 0.826. The van der Waals surface area contributed by atoms with Gasteiger partial charge in [0, 0.05) is 21.8 Å². The molecule has 130 valence electrons. The van der Waals surface area contributed by atoms with Gasteiger partial charge >= 0.3 is 0 Å². The minimum absolute atomic E-state index is 0.119. The number of Topliss-reactive ketones (excluding diaryl/α,β-unsaturated/α-hetero) is 1. The number of ketones is 1. The van der Waals surface area contributed by atoms with Crippen LogP contribution in [-0.2, 0) is 26.8 Å². The van der Waals surface area contributed by atoms with E-state index in [1.165, 1.54) is 0 Å².